The Morgan fingerprint density at radius 2 is 1.87 bits per heavy atom. The van der Waals surface area contributed by atoms with Gasteiger partial charge in [-0.2, -0.15) is 13.2 Å². The van der Waals surface area contributed by atoms with Gasteiger partial charge in [0.05, 0.1) is 5.56 Å². The summed E-state index contributed by atoms with van der Waals surface area (Å²) in [6.07, 6.45) is -4.61. The Morgan fingerprint density at radius 1 is 1.33 bits per heavy atom. The van der Waals surface area contributed by atoms with Crippen LogP contribution >= 0.6 is 7.60 Å². The Labute approximate surface area is 84.0 Å². The van der Waals surface area contributed by atoms with E-state index in [0.717, 1.165) is 18.8 Å². The van der Waals surface area contributed by atoms with Crippen molar-refractivity contribution in [2.24, 2.45) is 0 Å². The van der Waals surface area contributed by atoms with Crippen LogP contribution in [0.4, 0.5) is 13.2 Å². The van der Waals surface area contributed by atoms with E-state index in [9.17, 15) is 17.7 Å². The number of benzene rings is 1. The molecule has 15 heavy (non-hydrogen) atoms. The molecule has 0 saturated heterocycles. The summed E-state index contributed by atoms with van der Waals surface area (Å²) >= 11 is 0. The van der Waals surface area contributed by atoms with Gasteiger partial charge in [-0.3, -0.25) is 0 Å². The minimum Gasteiger partial charge on any atom is -0.424 e. The molecule has 0 fully saturated rings. The van der Waals surface area contributed by atoms with Crippen LogP contribution in [0.25, 0.3) is 0 Å². The van der Waals surface area contributed by atoms with E-state index in [1.54, 1.807) is 0 Å². The second-order valence-corrected chi connectivity index (χ2v) is 4.68. The summed E-state index contributed by atoms with van der Waals surface area (Å²) in [7, 11) is -3.98. The van der Waals surface area contributed by atoms with Crippen LogP contribution in [0.1, 0.15) is 5.56 Å². The van der Waals surface area contributed by atoms with Crippen LogP contribution < -0.4 is 4.52 Å². The van der Waals surface area contributed by atoms with Crippen molar-refractivity contribution in [2.75, 3.05) is 6.66 Å². The van der Waals surface area contributed by atoms with Gasteiger partial charge in [0, 0.05) is 6.66 Å². The molecule has 1 aromatic carbocycles. The van der Waals surface area contributed by atoms with E-state index in [-0.39, 0.29) is 0 Å². The molecule has 0 spiro atoms. The maximum absolute atomic E-state index is 12.4. The van der Waals surface area contributed by atoms with E-state index in [1.807, 2.05) is 0 Å². The van der Waals surface area contributed by atoms with E-state index in [4.69, 9.17) is 4.89 Å². The molecule has 7 heteroatoms. The molecule has 0 saturated carbocycles. The molecule has 0 heterocycles. The van der Waals surface area contributed by atoms with Gasteiger partial charge >= 0.3 is 13.8 Å². The fourth-order valence-corrected chi connectivity index (χ4v) is 1.49. The van der Waals surface area contributed by atoms with E-state index >= 15 is 0 Å². The summed E-state index contributed by atoms with van der Waals surface area (Å²) in [5.74, 6) is -0.640. The van der Waals surface area contributed by atoms with Gasteiger partial charge in [-0.05, 0) is 12.1 Å². The molecule has 3 nitrogen and oxygen atoms in total. The molecule has 0 aliphatic heterocycles. The molecule has 0 bridgehead atoms. The van der Waals surface area contributed by atoms with Crippen molar-refractivity contribution in [3.8, 4) is 5.75 Å². The Balaban J connectivity index is 3.14. The molecule has 0 aliphatic carbocycles. The van der Waals surface area contributed by atoms with Gasteiger partial charge in [0.15, 0.2) is 0 Å². The van der Waals surface area contributed by atoms with E-state index < -0.39 is 25.1 Å². The highest BCUT2D eigenvalue weighted by molar-refractivity contribution is 7.52. The second kappa shape index (κ2) is 3.87. The molecule has 0 aliphatic rings. The Hall–Kier alpha value is -1.00. The van der Waals surface area contributed by atoms with Gasteiger partial charge < -0.3 is 9.42 Å². The van der Waals surface area contributed by atoms with Crippen molar-refractivity contribution in [1.29, 1.82) is 0 Å². The number of halogens is 3. The lowest BCUT2D eigenvalue weighted by atomic mass is 10.2. The highest BCUT2D eigenvalue weighted by Crippen LogP contribution is 2.43. The molecular weight excluding hydrogens is 232 g/mol. The summed E-state index contributed by atoms with van der Waals surface area (Å²) in [6.45, 7) is 0.820. The smallest absolute Gasteiger partial charge is 0.419 e. The number of rotatable bonds is 2. The predicted octanol–water partition coefficient (Wildman–Crippen LogP) is 2.90. The molecule has 84 valence electrons. The third kappa shape index (κ3) is 3.57. The Bertz CT molecular complexity index is 396. The van der Waals surface area contributed by atoms with E-state index in [1.165, 1.54) is 12.1 Å². The van der Waals surface area contributed by atoms with Crippen LogP contribution in [0.3, 0.4) is 0 Å². The molecule has 1 N–H and O–H groups in total. The first-order valence-corrected chi connectivity index (χ1v) is 5.89. The summed E-state index contributed by atoms with van der Waals surface area (Å²) in [5.41, 5.74) is -1.07. The molecule has 0 aromatic heterocycles. The quantitative estimate of drug-likeness (QED) is 0.808. The average molecular weight is 240 g/mol. The van der Waals surface area contributed by atoms with Crippen molar-refractivity contribution >= 4 is 7.60 Å². The highest BCUT2D eigenvalue weighted by Gasteiger charge is 2.35. The third-order valence-corrected chi connectivity index (χ3v) is 2.00. The van der Waals surface area contributed by atoms with Gasteiger partial charge in [-0.25, -0.2) is 4.57 Å². The number of alkyl halides is 3. The topological polar surface area (TPSA) is 46.5 Å². The fraction of sp³-hybridized carbons (Fsp3) is 0.250. The second-order valence-electron chi connectivity index (χ2n) is 2.89. The summed E-state index contributed by atoms with van der Waals surface area (Å²) < 4.78 is 52.3. The van der Waals surface area contributed by atoms with Gasteiger partial charge in [0.25, 0.3) is 0 Å². The van der Waals surface area contributed by atoms with Crippen LogP contribution in [-0.2, 0) is 10.7 Å². The monoisotopic (exact) mass is 240 g/mol. The third-order valence-electron chi connectivity index (χ3n) is 1.46. The van der Waals surface area contributed by atoms with Crippen molar-refractivity contribution in [3.63, 3.8) is 0 Å². The highest BCUT2D eigenvalue weighted by atomic mass is 31.2. The van der Waals surface area contributed by atoms with Gasteiger partial charge in [0.1, 0.15) is 5.75 Å². The molecular formula is C8H8F3O3P. The van der Waals surface area contributed by atoms with Crippen LogP contribution in [0.2, 0.25) is 0 Å². The first-order chi connectivity index (χ1) is 6.70. The molecule has 0 radical (unpaired) electrons. The van der Waals surface area contributed by atoms with Crippen LogP contribution in [0.5, 0.6) is 5.75 Å². The lowest BCUT2D eigenvalue weighted by Gasteiger charge is -2.14. The molecule has 0 amide bonds. The average Bonchev–Trinajstić information content (AvgIpc) is 1.99. The lowest BCUT2D eigenvalue weighted by Crippen LogP contribution is -2.07. The molecule has 1 aromatic rings. The summed E-state index contributed by atoms with van der Waals surface area (Å²) in [6, 6.07) is 4.24. The van der Waals surface area contributed by atoms with E-state index in [0.29, 0.717) is 0 Å². The minimum absolute atomic E-state index is 0.640. The zero-order valence-corrected chi connectivity index (χ0v) is 8.55. The standard InChI is InChI=1S/C8H8F3O3P/c1-15(12,13)14-7-5-3-2-4-6(7)8(9,10)11/h2-5H,1H3,(H,12,13). The molecule has 1 rings (SSSR count). The first kappa shape index (κ1) is 12.1. The normalized spacial score (nSPS) is 15.8. The van der Waals surface area contributed by atoms with Gasteiger partial charge in [-0.1, -0.05) is 12.1 Å². The number of para-hydroxylation sites is 1. The molecule has 1 unspecified atom stereocenters. The molecule has 1 atom stereocenters. The SMILES string of the molecule is CP(=O)(O)Oc1ccccc1C(F)(F)F. The minimum atomic E-state index is -4.61. The van der Waals surface area contributed by atoms with Crippen molar-refractivity contribution in [3.05, 3.63) is 29.8 Å². The van der Waals surface area contributed by atoms with Gasteiger partial charge in [-0.15, -0.1) is 0 Å². The van der Waals surface area contributed by atoms with Crippen LogP contribution in [0.15, 0.2) is 24.3 Å². The van der Waals surface area contributed by atoms with Crippen LogP contribution in [-0.4, -0.2) is 11.6 Å². The van der Waals surface area contributed by atoms with Crippen molar-refractivity contribution < 1.29 is 27.2 Å². The van der Waals surface area contributed by atoms with Crippen molar-refractivity contribution in [2.45, 2.75) is 6.18 Å². The summed E-state index contributed by atoms with van der Waals surface area (Å²) in [5, 5.41) is 0. The van der Waals surface area contributed by atoms with Gasteiger partial charge in [0.2, 0.25) is 0 Å². The zero-order valence-electron chi connectivity index (χ0n) is 7.65. The Kier molecular flexibility index (Phi) is 3.11. The maximum atomic E-state index is 12.4. The lowest BCUT2D eigenvalue weighted by molar-refractivity contribution is -0.138. The van der Waals surface area contributed by atoms with Crippen LogP contribution in [0, 0.1) is 0 Å². The number of hydrogen-bond acceptors (Lipinski definition) is 2. The Morgan fingerprint density at radius 3 is 2.33 bits per heavy atom. The largest absolute Gasteiger partial charge is 0.424 e. The summed E-state index contributed by atoms with van der Waals surface area (Å²) in [4.78, 5) is 8.83. The maximum Gasteiger partial charge on any atom is 0.419 e. The van der Waals surface area contributed by atoms with Crippen molar-refractivity contribution in [1.82, 2.24) is 0 Å². The predicted molar refractivity (Wildman–Crippen MR) is 47.8 cm³/mol. The van der Waals surface area contributed by atoms with E-state index in [2.05, 4.69) is 4.52 Å². The zero-order chi connectivity index (χ0) is 11.7. The number of hydrogen-bond donors (Lipinski definition) is 1. The first-order valence-electron chi connectivity index (χ1n) is 3.86. The fourth-order valence-electron chi connectivity index (χ4n) is 0.963.